The third-order valence-electron chi connectivity index (χ3n) is 6.42. The van der Waals surface area contributed by atoms with E-state index >= 15 is 0 Å². The van der Waals surface area contributed by atoms with E-state index in [1.165, 1.54) is 0 Å². The summed E-state index contributed by atoms with van der Waals surface area (Å²) in [5, 5.41) is 3.63. The van der Waals surface area contributed by atoms with Gasteiger partial charge in [0.2, 0.25) is 0 Å². The Labute approximate surface area is 175 Å². The summed E-state index contributed by atoms with van der Waals surface area (Å²) in [6, 6.07) is 14.7. The summed E-state index contributed by atoms with van der Waals surface area (Å²) in [4.78, 5) is 26.4. The summed E-state index contributed by atoms with van der Waals surface area (Å²) >= 11 is 0. The molecule has 2 fully saturated rings. The van der Waals surface area contributed by atoms with Crippen LogP contribution in [0.15, 0.2) is 57.7 Å². The fourth-order valence-electron chi connectivity index (χ4n) is 4.59. The van der Waals surface area contributed by atoms with Crippen molar-refractivity contribution in [3.05, 3.63) is 69.9 Å². The molecule has 1 saturated carbocycles. The van der Waals surface area contributed by atoms with E-state index in [4.69, 9.17) is 9.15 Å². The number of ether oxygens (including phenoxy) is 1. The van der Waals surface area contributed by atoms with E-state index in [0.29, 0.717) is 40.4 Å². The molecule has 2 heterocycles. The molecule has 30 heavy (non-hydrogen) atoms. The zero-order valence-corrected chi connectivity index (χ0v) is 17.2. The van der Waals surface area contributed by atoms with Gasteiger partial charge in [-0.1, -0.05) is 36.4 Å². The highest BCUT2D eigenvalue weighted by atomic mass is 16.5. The molecule has 5 nitrogen and oxygen atoms in total. The Balaban J connectivity index is 1.58. The van der Waals surface area contributed by atoms with Crippen LogP contribution in [0.4, 0.5) is 0 Å². The molecule has 0 radical (unpaired) electrons. The van der Waals surface area contributed by atoms with E-state index in [9.17, 15) is 9.59 Å². The Morgan fingerprint density at radius 1 is 1.10 bits per heavy atom. The standard InChI is InChI=1S/C25H25NO4/c1-15-20(27)18-9-6-10-19(22(18)30-21(15)16-7-4-3-5-8-16)24(28)26-25(2)13-14-29-23(25)17-11-12-17/h3-10,17,23H,11-14H2,1-2H3,(H,26,28). The van der Waals surface area contributed by atoms with Gasteiger partial charge in [-0.25, -0.2) is 0 Å². The van der Waals surface area contributed by atoms with Gasteiger partial charge >= 0.3 is 0 Å². The van der Waals surface area contributed by atoms with Gasteiger partial charge < -0.3 is 14.5 Å². The number of para-hydroxylation sites is 1. The fraction of sp³-hybridized carbons (Fsp3) is 0.360. The van der Waals surface area contributed by atoms with Gasteiger partial charge in [0.05, 0.1) is 22.6 Å². The summed E-state index contributed by atoms with van der Waals surface area (Å²) in [5.74, 6) is 0.792. The van der Waals surface area contributed by atoms with Crippen LogP contribution in [0.1, 0.15) is 42.1 Å². The number of hydrogen-bond acceptors (Lipinski definition) is 4. The van der Waals surface area contributed by atoms with Crippen LogP contribution in [0.2, 0.25) is 0 Å². The molecule has 5 rings (SSSR count). The number of hydrogen-bond donors (Lipinski definition) is 1. The van der Waals surface area contributed by atoms with Crippen molar-refractivity contribution in [2.75, 3.05) is 6.61 Å². The van der Waals surface area contributed by atoms with E-state index in [2.05, 4.69) is 12.2 Å². The Hall–Kier alpha value is -2.92. The van der Waals surface area contributed by atoms with Gasteiger partial charge in [0.25, 0.3) is 5.91 Å². The van der Waals surface area contributed by atoms with Crippen molar-refractivity contribution in [3.8, 4) is 11.3 Å². The normalized spacial score (nSPS) is 23.6. The minimum atomic E-state index is -0.409. The van der Waals surface area contributed by atoms with Crippen LogP contribution in [0.25, 0.3) is 22.3 Å². The molecule has 3 aromatic rings. The van der Waals surface area contributed by atoms with Crippen molar-refractivity contribution in [1.29, 1.82) is 0 Å². The number of amides is 1. The molecule has 2 aliphatic rings. The van der Waals surface area contributed by atoms with Crippen molar-refractivity contribution < 1.29 is 13.9 Å². The molecule has 2 aromatic carbocycles. The minimum Gasteiger partial charge on any atom is -0.455 e. The van der Waals surface area contributed by atoms with Crippen LogP contribution < -0.4 is 10.7 Å². The predicted octanol–water partition coefficient (Wildman–Crippen LogP) is 4.46. The summed E-state index contributed by atoms with van der Waals surface area (Å²) in [6.07, 6.45) is 3.13. The van der Waals surface area contributed by atoms with Gasteiger partial charge in [0.15, 0.2) is 11.0 Å². The van der Waals surface area contributed by atoms with Crippen LogP contribution in [0, 0.1) is 12.8 Å². The lowest BCUT2D eigenvalue weighted by atomic mass is 9.90. The van der Waals surface area contributed by atoms with Crippen molar-refractivity contribution in [2.24, 2.45) is 5.92 Å². The average molecular weight is 403 g/mol. The predicted molar refractivity (Wildman–Crippen MR) is 116 cm³/mol. The van der Waals surface area contributed by atoms with Gasteiger partial charge in [0.1, 0.15) is 5.76 Å². The number of rotatable bonds is 4. The summed E-state index contributed by atoms with van der Waals surface area (Å²) in [5.41, 5.74) is 1.54. The lowest BCUT2D eigenvalue weighted by molar-refractivity contribution is 0.0514. The fourth-order valence-corrected chi connectivity index (χ4v) is 4.59. The zero-order valence-electron chi connectivity index (χ0n) is 17.2. The Kier molecular flexibility index (Phi) is 4.51. The Bertz CT molecular complexity index is 1180. The maximum atomic E-state index is 13.3. The van der Waals surface area contributed by atoms with Crippen LogP contribution in [0.5, 0.6) is 0 Å². The van der Waals surface area contributed by atoms with Gasteiger partial charge in [-0.2, -0.15) is 0 Å². The second kappa shape index (κ2) is 7.10. The first-order valence-corrected chi connectivity index (χ1v) is 10.5. The molecule has 1 aromatic heterocycles. The smallest absolute Gasteiger partial charge is 0.255 e. The van der Waals surface area contributed by atoms with E-state index in [-0.39, 0.29) is 17.4 Å². The van der Waals surface area contributed by atoms with Crippen LogP contribution in [0.3, 0.4) is 0 Å². The third kappa shape index (κ3) is 3.14. The first-order chi connectivity index (χ1) is 14.5. The van der Waals surface area contributed by atoms with Gasteiger partial charge in [-0.15, -0.1) is 0 Å². The van der Waals surface area contributed by atoms with E-state index in [1.54, 1.807) is 25.1 Å². The van der Waals surface area contributed by atoms with Gasteiger partial charge in [-0.3, -0.25) is 9.59 Å². The second-order valence-electron chi connectivity index (χ2n) is 8.68. The van der Waals surface area contributed by atoms with Crippen molar-refractivity contribution in [1.82, 2.24) is 5.32 Å². The molecule has 1 amide bonds. The molecule has 1 aliphatic carbocycles. The van der Waals surface area contributed by atoms with Gasteiger partial charge in [0, 0.05) is 17.7 Å². The molecule has 1 saturated heterocycles. The van der Waals surface area contributed by atoms with Crippen molar-refractivity contribution >= 4 is 16.9 Å². The first kappa shape index (κ1) is 19.1. The number of nitrogens with one attached hydrogen (secondary N) is 1. The highest BCUT2D eigenvalue weighted by molar-refractivity contribution is 6.05. The molecule has 0 spiro atoms. The number of fused-ring (bicyclic) bond motifs is 1. The van der Waals surface area contributed by atoms with Crippen molar-refractivity contribution in [2.45, 2.75) is 44.8 Å². The molecule has 1 N–H and O–H groups in total. The molecular weight excluding hydrogens is 378 g/mol. The molecule has 2 atom stereocenters. The van der Waals surface area contributed by atoms with Crippen LogP contribution >= 0.6 is 0 Å². The number of carbonyl (C=O) groups excluding carboxylic acids is 1. The van der Waals surface area contributed by atoms with Gasteiger partial charge in [-0.05, 0) is 51.2 Å². The van der Waals surface area contributed by atoms with E-state index < -0.39 is 5.54 Å². The van der Waals surface area contributed by atoms with Crippen molar-refractivity contribution in [3.63, 3.8) is 0 Å². The second-order valence-corrected chi connectivity index (χ2v) is 8.68. The maximum absolute atomic E-state index is 13.3. The summed E-state index contributed by atoms with van der Waals surface area (Å²) < 4.78 is 12.1. The molecule has 5 heteroatoms. The minimum absolute atomic E-state index is 0.0468. The monoisotopic (exact) mass is 403 g/mol. The van der Waals surface area contributed by atoms with Crippen LogP contribution in [-0.4, -0.2) is 24.2 Å². The highest BCUT2D eigenvalue weighted by Crippen LogP contribution is 2.43. The summed E-state index contributed by atoms with van der Waals surface area (Å²) in [6.45, 7) is 4.47. The lowest BCUT2D eigenvalue weighted by Gasteiger charge is -2.31. The molecule has 1 aliphatic heterocycles. The Morgan fingerprint density at radius 2 is 1.87 bits per heavy atom. The Morgan fingerprint density at radius 3 is 2.60 bits per heavy atom. The zero-order chi connectivity index (χ0) is 20.9. The number of carbonyl (C=O) groups is 1. The lowest BCUT2D eigenvalue weighted by Crippen LogP contribution is -2.52. The average Bonchev–Trinajstić information content (AvgIpc) is 3.52. The number of benzene rings is 2. The first-order valence-electron chi connectivity index (χ1n) is 10.5. The maximum Gasteiger partial charge on any atom is 0.255 e. The molecule has 154 valence electrons. The van der Waals surface area contributed by atoms with E-state index in [1.807, 2.05) is 30.3 Å². The largest absolute Gasteiger partial charge is 0.455 e. The SMILES string of the molecule is Cc1c(-c2ccccc2)oc2c(C(=O)NC3(C)CCOC3C3CC3)cccc2c1=O. The molecule has 0 bridgehead atoms. The highest BCUT2D eigenvalue weighted by Gasteiger charge is 2.49. The molecular formula is C25H25NO4. The molecule has 2 unspecified atom stereocenters. The topological polar surface area (TPSA) is 68.5 Å². The van der Waals surface area contributed by atoms with E-state index in [0.717, 1.165) is 24.8 Å². The van der Waals surface area contributed by atoms with Crippen LogP contribution in [-0.2, 0) is 4.74 Å². The quantitative estimate of drug-likeness (QED) is 0.699. The summed E-state index contributed by atoms with van der Waals surface area (Å²) in [7, 11) is 0. The third-order valence-corrected chi connectivity index (χ3v) is 6.42.